The predicted molar refractivity (Wildman–Crippen MR) is 61.3 cm³/mol. The molecule has 1 aliphatic heterocycles. The first-order chi connectivity index (χ1) is 6.55. The molecule has 0 aliphatic carbocycles. The third kappa shape index (κ3) is 1.86. The quantitative estimate of drug-likeness (QED) is 0.747. The summed E-state index contributed by atoms with van der Waals surface area (Å²) in [5, 5.41) is 0. The molecule has 0 radical (unpaired) electrons. The minimum Gasteiger partial charge on any atom is -0.370 e. The van der Waals surface area contributed by atoms with Crippen molar-refractivity contribution < 1.29 is 0 Å². The topological polar surface area (TPSA) is 41.6 Å². The number of rotatable bonds is 4. The number of guanidine groups is 1. The molecular weight excluding hydrogens is 174 g/mol. The molecule has 0 aromatic rings. The number of hydrogen-bond acceptors (Lipinski definition) is 3. The van der Waals surface area contributed by atoms with Gasteiger partial charge in [-0.25, -0.2) is 0 Å². The van der Waals surface area contributed by atoms with Gasteiger partial charge in [0.2, 0.25) is 0 Å². The second-order valence-electron chi connectivity index (χ2n) is 4.53. The third-order valence-corrected chi connectivity index (χ3v) is 3.67. The summed E-state index contributed by atoms with van der Waals surface area (Å²) in [6.07, 6.45) is 3.55. The molecule has 1 aliphatic rings. The molecule has 0 saturated heterocycles. The monoisotopic (exact) mass is 197 g/mol. The molecule has 1 rings (SSSR count). The van der Waals surface area contributed by atoms with E-state index in [0.29, 0.717) is 5.96 Å². The van der Waals surface area contributed by atoms with Gasteiger partial charge in [-0.3, -0.25) is 4.99 Å². The van der Waals surface area contributed by atoms with Crippen LogP contribution >= 0.6 is 0 Å². The van der Waals surface area contributed by atoms with Gasteiger partial charge in [-0.05, 0) is 18.8 Å². The Morgan fingerprint density at radius 1 is 1.57 bits per heavy atom. The average molecular weight is 197 g/mol. The second kappa shape index (κ2) is 4.20. The van der Waals surface area contributed by atoms with Gasteiger partial charge in [0.05, 0.1) is 12.1 Å². The van der Waals surface area contributed by atoms with Crippen LogP contribution in [0, 0.1) is 5.92 Å². The second-order valence-corrected chi connectivity index (χ2v) is 4.53. The molecule has 3 heteroatoms. The molecule has 0 amide bonds. The highest BCUT2D eigenvalue weighted by molar-refractivity contribution is 5.80. The molecule has 0 bridgehead atoms. The number of nitrogens with zero attached hydrogens (tertiary/aromatic N) is 2. The molecule has 0 aromatic heterocycles. The molecule has 82 valence electrons. The van der Waals surface area contributed by atoms with E-state index in [9.17, 15) is 0 Å². The van der Waals surface area contributed by atoms with Crippen LogP contribution in [0.3, 0.4) is 0 Å². The zero-order valence-electron chi connectivity index (χ0n) is 9.88. The lowest BCUT2D eigenvalue weighted by atomic mass is 9.84. The number of hydrogen-bond donors (Lipinski definition) is 1. The fraction of sp³-hybridized carbons (Fsp3) is 0.909. The lowest BCUT2D eigenvalue weighted by Gasteiger charge is -2.37. The minimum absolute atomic E-state index is 0.194. The van der Waals surface area contributed by atoms with Crippen LogP contribution in [0.5, 0.6) is 0 Å². The summed E-state index contributed by atoms with van der Waals surface area (Å²) < 4.78 is 0. The number of likely N-dealkylation sites (N-methyl/N-ethyl adjacent to an activating group) is 1. The highest BCUT2D eigenvalue weighted by atomic mass is 15.3. The standard InChI is InChI=1S/C11H23N3/c1-5-9(3)7-11(6-2)8-13-10(12)14(11)4/h9H,5-8H2,1-4H3,(H2,12,13). The summed E-state index contributed by atoms with van der Waals surface area (Å²) >= 11 is 0. The van der Waals surface area contributed by atoms with Crippen molar-refractivity contribution in [1.82, 2.24) is 4.90 Å². The van der Waals surface area contributed by atoms with E-state index in [2.05, 4.69) is 37.7 Å². The van der Waals surface area contributed by atoms with Gasteiger partial charge in [0.25, 0.3) is 0 Å². The van der Waals surface area contributed by atoms with Crippen LogP contribution in [-0.2, 0) is 0 Å². The zero-order chi connectivity index (χ0) is 10.8. The number of aliphatic imine (C=N–C) groups is 1. The van der Waals surface area contributed by atoms with E-state index >= 15 is 0 Å². The van der Waals surface area contributed by atoms with E-state index in [1.54, 1.807) is 0 Å². The summed E-state index contributed by atoms with van der Waals surface area (Å²) in [5.74, 6) is 1.45. The molecule has 0 spiro atoms. The van der Waals surface area contributed by atoms with Crippen LogP contribution in [-0.4, -0.2) is 30.0 Å². The Bertz CT molecular complexity index is 225. The van der Waals surface area contributed by atoms with E-state index in [1.807, 2.05) is 0 Å². The summed E-state index contributed by atoms with van der Waals surface area (Å²) in [5.41, 5.74) is 6.02. The SMILES string of the molecule is CCC(C)CC1(CC)CN=C(N)N1C. The molecule has 0 fully saturated rings. The van der Waals surface area contributed by atoms with Crippen molar-refractivity contribution >= 4 is 5.96 Å². The van der Waals surface area contributed by atoms with Crippen molar-refractivity contribution in [3.05, 3.63) is 0 Å². The largest absolute Gasteiger partial charge is 0.370 e. The Morgan fingerprint density at radius 3 is 2.57 bits per heavy atom. The van der Waals surface area contributed by atoms with Crippen molar-refractivity contribution in [3.8, 4) is 0 Å². The van der Waals surface area contributed by atoms with Gasteiger partial charge >= 0.3 is 0 Å². The molecule has 0 aromatic carbocycles. The summed E-state index contributed by atoms with van der Waals surface area (Å²) in [6.45, 7) is 7.65. The van der Waals surface area contributed by atoms with Crippen LogP contribution < -0.4 is 5.73 Å². The first-order valence-corrected chi connectivity index (χ1v) is 5.59. The zero-order valence-corrected chi connectivity index (χ0v) is 9.88. The van der Waals surface area contributed by atoms with E-state index in [0.717, 1.165) is 18.9 Å². The van der Waals surface area contributed by atoms with Crippen LogP contribution in [0.2, 0.25) is 0 Å². The Hall–Kier alpha value is -0.730. The normalized spacial score (nSPS) is 29.1. The van der Waals surface area contributed by atoms with Crippen molar-refractivity contribution in [1.29, 1.82) is 0 Å². The summed E-state index contributed by atoms with van der Waals surface area (Å²) in [7, 11) is 2.07. The highest BCUT2D eigenvalue weighted by Gasteiger charge is 2.38. The fourth-order valence-electron chi connectivity index (χ4n) is 2.17. The summed E-state index contributed by atoms with van der Waals surface area (Å²) in [4.78, 5) is 6.52. The number of nitrogens with two attached hydrogens (primary N) is 1. The molecule has 14 heavy (non-hydrogen) atoms. The van der Waals surface area contributed by atoms with E-state index in [1.165, 1.54) is 12.8 Å². The van der Waals surface area contributed by atoms with Gasteiger partial charge in [0, 0.05) is 7.05 Å². The summed E-state index contributed by atoms with van der Waals surface area (Å²) in [6, 6.07) is 0. The van der Waals surface area contributed by atoms with E-state index < -0.39 is 0 Å². The van der Waals surface area contributed by atoms with Crippen molar-refractivity contribution in [2.45, 2.75) is 45.6 Å². The van der Waals surface area contributed by atoms with Gasteiger partial charge in [0.1, 0.15) is 0 Å². The highest BCUT2D eigenvalue weighted by Crippen LogP contribution is 2.31. The molecule has 0 saturated carbocycles. The maximum atomic E-state index is 5.82. The van der Waals surface area contributed by atoms with Crippen LogP contribution in [0.1, 0.15) is 40.0 Å². The Kier molecular flexibility index (Phi) is 3.40. The Labute approximate surface area is 87.4 Å². The fourth-order valence-corrected chi connectivity index (χ4v) is 2.17. The minimum atomic E-state index is 0.194. The maximum absolute atomic E-state index is 5.82. The Balaban J connectivity index is 2.70. The first kappa shape index (κ1) is 11.3. The van der Waals surface area contributed by atoms with Crippen molar-refractivity contribution in [2.24, 2.45) is 16.6 Å². The lowest BCUT2D eigenvalue weighted by molar-refractivity contribution is 0.180. The molecule has 1 heterocycles. The Morgan fingerprint density at radius 2 is 2.21 bits per heavy atom. The smallest absolute Gasteiger partial charge is 0.191 e. The maximum Gasteiger partial charge on any atom is 0.191 e. The van der Waals surface area contributed by atoms with E-state index in [-0.39, 0.29) is 5.54 Å². The third-order valence-electron chi connectivity index (χ3n) is 3.67. The molecule has 2 atom stereocenters. The van der Waals surface area contributed by atoms with Gasteiger partial charge in [-0.1, -0.05) is 27.2 Å². The average Bonchev–Trinajstić information content (AvgIpc) is 2.47. The van der Waals surface area contributed by atoms with E-state index in [4.69, 9.17) is 5.73 Å². The van der Waals surface area contributed by atoms with Gasteiger partial charge in [-0.15, -0.1) is 0 Å². The molecular formula is C11H23N3. The van der Waals surface area contributed by atoms with Crippen LogP contribution in [0.4, 0.5) is 0 Å². The van der Waals surface area contributed by atoms with Gasteiger partial charge in [0.15, 0.2) is 5.96 Å². The van der Waals surface area contributed by atoms with Crippen molar-refractivity contribution in [2.75, 3.05) is 13.6 Å². The molecule has 2 unspecified atom stereocenters. The first-order valence-electron chi connectivity index (χ1n) is 5.59. The lowest BCUT2D eigenvalue weighted by Crippen LogP contribution is -2.49. The molecule has 2 N–H and O–H groups in total. The van der Waals surface area contributed by atoms with Crippen LogP contribution in [0.25, 0.3) is 0 Å². The molecule has 3 nitrogen and oxygen atoms in total. The van der Waals surface area contributed by atoms with Gasteiger partial charge in [-0.2, -0.15) is 0 Å². The van der Waals surface area contributed by atoms with Gasteiger partial charge < -0.3 is 10.6 Å². The van der Waals surface area contributed by atoms with Crippen molar-refractivity contribution in [3.63, 3.8) is 0 Å². The predicted octanol–water partition coefficient (Wildman–Crippen LogP) is 1.83. The van der Waals surface area contributed by atoms with Crippen LogP contribution in [0.15, 0.2) is 4.99 Å².